The summed E-state index contributed by atoms with van der Waals surface area (Å²) in [6.07, 6.45) is 4.34. The highest BCUT2D eigenvalue weighted by molar-refractivity contribution is 5.79. The first-order valence-corrected chi connectivity index (χ1v) is 5.60. The van der Waals surface area contributed by atoms with Crippen LogP contribution in [-0.4, -0.2) is 18.5 Å². The molecule has 15 heavy (non-hydrogen) atoms. The topological polar surface area (TPSA) is 58.2 Å². The van der Waals surface area contributed by atoms with Crippen LogP contribution in [0.3, 0.4) is 0 Å². The highest BCUT2D eigenvalue weighted by Crippen LogP contribution is 2.08. The Kier molecular flexibility index (Phi) is 7.68. The number of carbonyl (C=O) groups excluding carboxylic acids is 2. The fourth-order valence-corrected chi connectivity index (χ4v) is 1.26. The van der Waals surface area contributed by atoms with Crippen molar-refractivity contribution >= 4 is 11.8 Å². The number of hydrogen-bond acceptors (Lipinski definition) is 2. The molecule has 0 bridgehead atoms. The normalized spacial score (nSPS) is 11.9. The van der Waals surface area contributed by atoms with E-state index in [-0.39, 0.29) is 24.4 Å². The SMILES string of the molecule is CCCCCC(C)C(=O)NCNC(C)=O. The van der Waals surface area contributed by atoms with Gasteiger partial charge in [-0.25, -0.2) is 0 Å². The maximum atomic E-state index is 11.5. The predicted octanol–water partition coefficient (Wildman–Crippen LogP) is 1.41. The number of hydrogen-bond donors (Lipinski definition) is 2. The number of nitrogens with one attached hydrogen (secondary N) is 2. The van der Waals surface area contributed by atoms with E-state index in [0.717, 1.165) is 12.8 Å². The zero-order chi connectivity index (χ0) is 11.7. The Morgan fingerprint density at radius 2 is 1.87 bits per heavy atom. The third-order valence-electron chi connectivity index (χ3n) is 2.29. The quantitative estimate of drug-likeness (QED) is 0.497. The predicted molar refractivity (Wildman–Crippen MR) is 60.1 cm³/mol. The van der Waals surface area contributed by atoms with Gasteiger partial charge in [-0.05, 0) is 6.42 Å². The van der Waals surface area contributed by atoms with E-state index in [1.807, 2.05) is 6.92 Å². The third kappa shape index (κ3) is 7.97. The molecule has 0 aliphatic carbocycles. The molecule has 4 heteroatoms. The average molecular weight is 214 g/mol. The summed E-state index contributed by atoms with van der Waals surface area (Å²) < 4.78 is 0. The summed E-state index contributed by atoms with van der Waals surface area (Å²) in [6.45, 7) is 5.71. The molecule has 1 unspecified atom stereocenters. The fraction of sp³-hybridized carbons (Fsp3) is 0.818. The second-order valence-corrected chi connectivity index (χ2v) is 3.85. The lowest BCUT2D eigenvalue weighted by molar-refractivity contribution is -0.125. The molecule has 0 saturated carbocycles. The van der Waals surface area contributed by atoms with Gasteiger partial charge in [0.1, 0.15) is 0 Å². The second-order valence-electron chi connectivity index (χ2n) is 3.85. The summed E-state index contributed by atoms with van der Waals surface area (Å²) in [7, 11) is 0. The lowest BCUT2D eigenvalue weighted by Crippen LogP contribution is -2.38. The first-order chi connectivity index (χ1) is 7.07. The molecule has 0 radical (unpaired) electrons. The van der Waals surface area contributed by atoms with Crippen molar-refractivity contribution in [2.45, 2.75) is 46.5 Å². The Labute approximate surface area is 91.8 Å². The molecule has 2 amide bonds. The summed E-state index contributed by atoms with van der Waals surface area (Å²) >= 11 is 0. The maximum Gasteiger partial charge on any atom is 0.224 e. The highest BCUT2D eigenvalue weighted by Gasteiger charge is 2.11. The van der Waals surface area contributed by atoms with Gasteiger partial charge in [0.05, 0.1) is 6.67 Å². The van der Waals surface area contributed by atoms with Gasteiger partial charge in [-0.3, -0.25) is 9.59 Å². The molecule has 0 heterocycles. The van der Waals surface area contributed by atoms with Gasteiger partial charge >= 0.3 is 0 Å². The minimum atomic E-state index is -0.131. The second kappa shape index (κ2) is 8.26. The van der Waals surface area contributed by atoms with Crippen LogP contribution in [0, 0.1) is 5.92 Å². The van der Waals surface area contributed by atoms with E-state index >= 15 is 0 Å². The molecular formula is C11H22N2O2. The van der Waals surface area contributed by atoms with Gasteiger partial charge in [0.15, 0.2) is 0 Å². The van der Waals surface area contributed by atoms with Crippen molar-refractivity contribution < 1.29 is 9.59 Å². The zero-order valence-corrected chi connectivity index (χ0v) is 9.93. The molecule has 0 aromatic carbocycles. The lowest BCUT2D eigenvalue weighted by atomic mass is 10.0. The average Bonchev–Trinajstić information content (AvgIpc) is 2.17. The zero-order valence-electron chi connectivity index (χ0n) is 9.93. The first kappa shape index (κ1) is 13.9. The molecule has 4 nitrogen and oxygen atoms in total. The van der Waals surface area contributed by atoms with E-state index < -0.39 is 0 Å². The monoisotopic (exact) mass is 214 g/mol. The van der Waals surface area contributed by atoms with Crippen molar-refractivity contribution in [1.29, 1.82) is 0 Å². The van der Waals surface area contributed by atoms with Crippen LogP contribution in [0.15, 0.2) is 0 Å². The van der Waals surface area contributed by atoms with Crippen molar-refractivity contribution in [2.75, 3.05) is 6.67 Å². The summed E-state index contributed by atoms with van der Waals surface area (Å²) in [4.78, 5) is 22.0. The van der Waals surface area contributed by atoms with Crippen LogP contribution < -0.4 is 10.6 Å². The molecule has 0 fully saturated rings. The van der Waals surface area contributed by atoms with Gasteiger partial charge in [0.25, 0.3) is 0 Å². The fourth-order valence-electron chi connectivity index (χ4n) is 1.26. The molecule has 1 atom stereocenters. The van der Waals surface area contributed by atoms with Crippen LogP contribution >= 0.6 is 0 Å². The van der Waals surface area contributed by atoms with Crippen LogP contribution in [0.4, 0.5) is 0 Å². The smallest absolute Gasteiger partial charge is 0.224 e. The first-order valence-electron chi connectivity index (χ1n) is 5.60. The molecule has 0 spiro atoms. The Bertz CT molecular complexity index is 205. The van der Waals surface area contributed by atoms with Crippen LogP contribution in [0.5, 0.6) is 0 Å². The molecule has 0 rings (SSSR count). The molecule has 88 valence electrons. The molecule has 0 aromatic heterocycles. The van der Waals surface area contributed by atoms with Crippen LogP contribution in [0.1, 0.15) is 46.5 Å². The Morgan fingerprint density at radius 1 is 1.20 bits per heavy atom. The van der Waals surface area contributed by atoms with Crippen molar-refractivity contribution in [2.24, 2.45) is 5.92 Å². The number of amides is 2. The van der Waals surface area contributed by atoms with E-state index in [4.69, 9.17) is 0 Å². The highest BCUT2D eigenvalue weighted by atomic mass is 16.2. The van der Waals surface area contributed by atoms with Crippen LogP contribution in [0.25, 0.3) is 0 Å². The van der Waals surface area contributed by atoms with Gasteiger partial charge in [0, 0.05) is 12.8 Å². The molecule has 2 N–H and O–H groups in total. The largest absolute Gasteiger partial charge is 0.339 e. The molecule has 0 aromatic rings. The van der Waals surface area contributed by atoms with Gasteiger partial charge < -0.3 is 10.6 Å². The molecule has 0 aliphatic heterocycles. The van der Waals surface area contributed by atoms with E-state index in [1.54, 1.807) is 0 Å². The van der Waals surface area contributed by atoms with E-state index in [1.165, 1.54) is 19.8 Å². The van der Waals surface area contributed by atoms with E-state index in [2.05, 4.69) is 17.6 Å². The van der Waals surface area contributed by atoms with Crippen LogP contribution in [0.2, 0.25) is 0 Å². The Balaban J connectivity index is 3.55. The Hall–Kier alpha value is -1.06. The maximum absolute atomic E-state index is 11.5. The molecular weight excluding hydrogens is 192 g/mol. The minimum Gasteiger partial charge on any atom is -0.339 e. The summed E-state index contributed by atoms with van der Waals surface area (Å²) in [5.41, 5.74) is 0. The Morgan fingerprint density at radius 3 is 2.40 bits per heavy atom. The van der Waals surface area contributed by atoms with Crippen molar-refractivity contribution in [1.82, 2.24) is 10.6 Å². The number of rotatable bonds is 7. The molecule has 0 saturated heterocycles. The lowest BCUT2D eigenvalue weighted by Gasteiger charge is -2.11. The van der Waals surface area contributed by atoms with Gasteiger partial charge in [-0.15, -0.1) is 0 Å². The van der Waals surface area contributed by atoms with Crippen molar-refractivity contribution in [3.8, 4) is 0 Å². The van der Waals surface area contributed by atoms with Crippen molar-refractivity contribution in [3.05, 3.63) is 0 Å². The van der Waals surface area contributed by atoms with Gasteiger partial charge in [0.2, 0.25) is 11.8 Å². The number of carbonyl (C=O) groups is 2. The number of unbranched alkanes of at least 4 members (excludes halogenated alkanes) is 2. The van der Waals surface area contributed by atoms with Gasteiger partial charge in [-0.2, -0.15) is 0 Å². The third-order valence-corrected chi connectivity index (χ3v) is 2.29. The van der Waals surface area contributed by atoms with Crippen molar-refractivity contribution in [3.63, 3.8) is 0 Å². The summed E-state index contributed by atoms with van der Waals surface area (Å²) in [6, 6.07) is 0. The minimum absolute atomic E-state index is 0.0138. The van der Waals surface area contributed by atoms with Gasteiger partial charge in [-0.1, -0.05) is 33.1 Å². The van der Waals surface area contributed by atoms with Crippen LogP contribution in [-0.2, 0) is 9.59 Å². The van der Waals surface area contributed by atoms with E-state index in [0.29, 0.717) is 0 Å². The van der Waals surface area contributed by atoms with E-state index in [9.17, 15) is 9.59 Å². The summed E-state index contributed by atoms with van der Waals surface area (Å²) in [5, 5.41) is 5.20. The standard InChI is InChI=1S/C11H22N2O2/c1-4-5-6-7-9(2)11(15)13-8-12-10(3)14/h9H,4-8H2,1-3H3,(H,12,14)(H,13,15). The molecule has 0 aliphatic rings. The summed E-state index contributed by atoms with van der Waals surface area (Å²) in [5.74, 6) is -0.0842.